The summed E-state index contributed by atoms with van der Waals surface area (Å²) in [6.07, 6.45) is 4.23. The first-order chi connectivity index (χ1) is 17.9. The Kier molecular flexibility index (Phi) is 8.65. The van der Waals surface area contributed by atoms with Gasteiger partial charge in [-0.25, -0.2) is 9.59 Å². The minimum atomic E-state index is -0.625. The Bertz CT molecular complexity index is 1320. The molecular weight excluding hydrogens is 512 g/mol. The van der Waals surface area contributed by atoms with Crippen molar-refractivity contribution in [1.29, 1.82) is 0 Å². The van der Waals surface area contributed by atoms with Gasteiger partial charge in [-0.2, -0.15) is 0 Å². The van der Waals surface area contributed by atoms with Crippen molar-refractivity contribution < 1.29 is 23.9 Å². The third kappa shape index (κ3) is 5.88. The van der Waals surface area contributed by atoms with Gasteiger partial charge in [-0.05, 0) is 55.4 Å². The maximum atomic E-state index is 12.9. The molecule has 1 atom stereocenters. The number of nitrogens with one attached hydrogen (secondary N) is 1. The van der Waals surface area contributed by atoms with Crippen LogP contribution in [0.25, 0.3) is 11.4 Å². The second kappa shape index (κ2) is 11.9. The molecule has 1 aliphatic rings. The molecule has 3 aromatic rings. The summed E-state index contributed by atoms with van der Waals surface area (Å²) in [5.41, 5.74) is 3.05. The van der Waals surface area contributed by atoms with Crippen LogP contribution in [0.5, 0.6) is 0 Å². The Hall–Kier alpha value is -3.18. The van der Waals surface area contributed by atoms with Crippen LogP contribution in [0.2, 0.25) is 0 Å². The summed E-state index contributed by atoms with van der Waals surface area (Å²) in [6.45, 7) is 5.13. The topological polar surface area (TPSA) is 112 Å². The number of aromatic nitrogens is 3. The normalized spacial score (nSPS) is 14.6. The third-order valence-electron chi connectivity index (χ3n) is 6.26. The highest BCUT2D eigenvalue weighted by molar-refractivity contribution is 7.99. The van der Waals surface area contributed by atoms with E-state index in [-0.39, 0.29) is 28.5 Å². The van der Waals surface area contributed by atoms with Crippen LogP contribution in [0.15, 0.2) is 28.7 Å². The molecule has 37 heavy (non-hydrogen) atoms. The average Bonchev–Trinajstić information content (AvgIpc) is 3.49. The SMILES string of the molecule is CCCn1c(SCC(=O)Nc2cc(C(=O)OC)ccc2C(=O)OC)nnc1-c1csc2c1CCC(C)C2. The zero-order valence-corrected chi connectivity index (χ0v) is 23.0. The smallest absolute Gasteiger partial charge is 0.339 e. The van der Waals surface area contributed by atoms with Crippen molar-refractivity contribution in [2.75, 3.05) is 25.3 Å². The van der Waals surface area contributed by atoms with E-state index in [2.05, 4.69) is 39.3 Å². The molecule has 1 aliphatic carbocycles. The fourth-order valence-electron chi connectivity index (χ4n) is 4.38. The van der Waals surface area contributed by atoms with Crippen molar-refractivity contribution in [3.05, 3.63) is 45.1 Å². The van der Waals surface area contributed by atoms with E-state index in [1.807, 2.05) is 0 Å². The van der Waals surface area contributed by atoms with Crippen LogP contribution in [-0.4, -0.2) is 52.6 Å². The first-order valence-corrected chi connectivity index (χ1v) is 14.0. The van der Waals surface area contributed by atoms with Crippen LogP contribution in [-0.2, 0) is 33.7 Å². The van der Waals surface area contributed by atoms with Gasteiger partial charge in [-0.1, -0.05) is 25.6 Å². The van der Waals surface area contributed by atoms with Crippen molar-refractivity contribution in [3.63, 3.8) is 0 Å². The third-order valence-corrected chi connectivity index (χ3v) is 8.28. The van der Waals surface area contributed by atoms with Crippen molar-refractivity contribution in [3.8, 4) is 11.4 Å². The van der Waals surface area contributed by atoms with E-state index in [1.54, 1.807) is 11.3 Å². The van der Waals surface area contributed by atoms with Gasteiger partial charge in [-0.15, -0.1) is 21.5 Å². The van der Waals surface area contributed by atoms with Gasteiger partial charge in [0.05, 0.1) is 36.8 Å². The maximum absolute atomic E-state index is 12.9. The van der Waals surface area contributed by atoms with Gasteiger partial charge in [0.25, 0.3) is 0 Å². The van der Waals surface area contributed by atoms with Crippen molar-refractivity contribution in [1.82, 2.24) is 14.8 Å². The molecule has 1 aromatic carbocycles. The molecule has 0 aliphatic heterocycles. The van der Waals surface area contributed by atoms with Crippen LogP contribution in [0.3, 0.4) is 0 Å². The predicted octanol–water partition coefficient (Wildman–Crippen LogP) is 4.85. The number of carbonyl (C=O) groups excluding carboxylic acids is 3. The Morgan fingerprint density at radius 2 is 1.97 bits per heavy atom. The van der Waals surface area contributed by atoms with Gasteiger partial charge in [0.1, 0.15) is 0 Å². The zero-order chi connectivity index (χ0) is 26.5. The molecule has 1 unspecified atom stereocenters. The molecular formula is C26H30N4O5S2. The summed E-state index contributed by atoms with van der Waals surface area (Å²) in [6, 6.07) is 4.27. The largest absolute Gasteiger partial charge is 0.465 e. The van der Waals surface area contributed by atoms with E-state index in [1.165, 1.54) is 61.0 Å². The molecule has 11 heteroatoms. The number of anilines is 1. The molecule has 2 heterocycles. The van der Waals surface area contributed by atoms with Crippen molar-refractivity contribution >= 4 is 46.6 Å². The first-order valence-electron chi connectivity index (χ1n) is 12.1. The number of nitrogens with zero attached hydrogens (tertiary/aromatic N) is 3. The lowest BCUT2D eigenvalue weighted by Crippen LogP contribution is -2.18. The number of ether oxygens (including phenoxy) is 2. The summed E-state index contributed by atoms with van der Waals surface area (Å²) in [5, 5.41) is 14.5. The Balaban J connectivity index is 1.52. The quantitative estimate of drug-likeness (QED) is 0.302. The molecule has 1 amide bonds. The van der Waals surface area contributed by atoms with Crippen LogP contribution >= 0.6 is 23.1 Å². The minimum Gasteiger partial charge on any atom is -0.465 e. The molecule has 0 bridgehead atoms. The van der Waals surface area contributed by atoms with Crippen LogP contribution < -0.4 is 5.32 Å². The average molecular weight is 543 g/mol. The number of amides is 1. The molecule has 4 rings (SSSR count). The molecule has 0 spiro atoms. The van der Waals surface area contributed by atoms with Gasteiger partial charge in [0.15, 0.2) is 11.0 Å². The summed E-state index contributed by atoms with van der Waals surface area (Å²) in [4.78, 5) is 38.4. The number of rotatable bonds is 9. The lowest BCUT2D eigenvalue weighted by Gasteiger charge is -2.19. The minimum absolute atomic E-state index is 0.0458. The molecule has 9 nitrogen and oxygen atoms in total. The second-order valence-electron chi connectivity index (χ2n) is 8.94. The maximum Gasteiger partial charge on any atom is 0.339 e. The molecule has 1 N–H and O–H groups in total. The molecule has 0 radical (unpaired) electrons. The number of methoxy groups -OCH3 is 2. The highest BCUT2D eigenvalue weighted by atomic mass is 32.2. The molecule has 0 saturated carbocycles. The summed E-state index contributed by atoms with van der Waals surface area (Å²) in [5.74, 6) is 0.0311. The Labute approximate surface area is 224 Å². The number of fused-ring (bicyclic) bond motifs is 1. The monoisotopic (exact) mass is 542 g/mol. The fraction of sp³-hybridized carbons (Fsp3) is 0.423. The van der Waals surface area contributed by atoms with Crippen molar-refractivity contribution in [2.24, 2.45) is 5.92 Å². The number of thiophene rings is 1. The summed E-state index contributed by atoms with van der Waals surface area (Å²) < 4.78 is 11.6. The molecule has 0 saturated heterocycles. The predicted molar refractivity (Wildman–Crippen MR) is 143 cm³/mol. The highest BCUT2D eigenvalue weighted by Gasteiger charge is 2.25. The van der Waals surface area contributed by atoms with E-state index >= 15 is 0 Å². The van der Waals surface area contributed by atoms with E-state index in [9.17, 15) is 14.4 Å². The van der Waals surface area contributed by atoms with E-state index in [0.29, 0.717) is 11.1 Å². The van der Waals surface area contributed by atoms with Gasteiger partial charge >= 0.3 is 11.9 Å². The van der Waals surface area contributed by atoms with E-state index < -0.39 is 11.9 Å². The molecule has 196 valence electrons. The van der Waals surface area contributed by atoms with Gasteiger partial charge in [0, 0.05) is 22.4 Å². The lowest BCUT2D eigenvalue weighted by atomic mass is 9.88. The zero-order valence-electron chi connectivity index (χ0n) is 21.3. The first kappa shape index (κ1) is 26.9. The van der Waals surface area contributed by atoms with Crippen molar-refractivity contribution in [2.45, 2.75) is 51.2 Å². The standard InChI is InChI=1S/C26H30N4O5S2/c1-5-10-30-23(19-13-36-21-11-15(2)6-8-17(19)21)28-29-26(30)37-14-22(31)27-20-12-16(24(32)34-3)7-9-18(20)25(33)35-4/h7,9,12-13,15H,5-6,8,10-11,14H2,1-4H3,(H,27,31). The van der Waals surface area contributed by atoms with E-state index in [4.69, 9.17) is 9.47 Å². The van der Waals surface area contributed by atoms with E-state index in [0.717, 1.165) is 37.2 Å². The number of thioether (sulfide) groups is 1. The highest BCUT2D eigenvalue weighted by Crippen LogP contribution is 2.38. The number of hydrogen-bond donors (Lipinski definition) is 1. The Morgan fingerprint density at radius 1 is 1.19 bits per heavy atom. The lowest BCUT2D eigenvalue weighted by molar-refractivity contribution is -0.113. The molecule has 0 fully saturated rings. The van der Waals surface area contributed by atoms with Gasteiger partial charge < -0.3 is 19.4 Å². The summed E-state index contributed by atoms with van der Waals surface area (Å²) in [7, 11) is 2.51. The van der Waals surface area contributed by atoms with Crippen LogP contribution in [0.1, 0.15) is 57.8 Å². The Morgan fingerprint density at radius 3 is 2.70 bits per heavy atom. The molecule has 2 aromatic heterocycles. The fourth-order valence-corrected chi connectivity index (χ4v) is 6.39. The number of carbonyl (C=O) groups is 3. The van der Waals surface area contributed by atoms with Gasteiger partial charge in [-0.3, -0.25) is 4.79 Å². The summed E-state index contributed by atoms with van der Waals surface area (Å²) >= 11 is 3.07. The number of benzene rings is 1. The second-order valence-corrected chi connectivity index (χ2v) is 10.8. The van der Waals surface area contributed by atoms with Crippen LogP contribution in [0.4, 0.5) is 5.69 Å². The number of esters is 2. The van der Waals surface area contributed by atoms with Crippen LogP contribution in [0, 0.1) is 5.92 Å². The number of hydrogen-bond acceptors (Lipinski definition) is 9. The van der Waals surface area contributed by atoms with Gasteiger partial charge in [0.2, 0.25) is 5.91 Å².